The molecule has 0 amide bonds. The van der Waals surface area contributed by atoms with E-state index >= 15 is 0 Å². The SMILES string of the molecule is CC1=C/C(=N/OC(=O)Cc2ccccc2)C(C)=CC1=O. The van der Waals surface area contributed by atoms with Crippen molar-refractivity contribution < 1.29 is 14.4 Å². The van der Waals surface area contributed by atoms with E-state index in [0.29, 0.717) is 16.9 Å². The Labute approximate surface area is 117 Å². The van der Waals surface area contributed by atoms with Crippen LogP contribution in [0, 0.1) is 0 Å². The summed E-state index contributed by atoms with van der Waals surface area (Å²) in [5.74, 6) is -0.475. The lowest BCUT2D eigenvalue weighted by atomic mass is 9.99. The van der Waals surface area contributed by atoms with Crippen molar-refractivity contribution in [2.75, 3.05) is 0 Å². The van der Waals surface area contributed by atoms with E-state index in [4.69, 9.17) is 4.84 Å². The van der Waals surface area contributed by atoms with Crippen LogP contribution in [0.15, 0.2) is 58.8 Å². The number of nitrogens with zero attached hydrogens (tertiary/aromatic N) is 1. The molecule has 4 nitrogen and oxygen atoms in total. The van der Waals surface area contributed by atoms with Crippen LogP contribution in [0.4, 0.5) is 0 Å². The van der Waals surface area contributed by atoms with Gasteiger partial charge in [0.1, 0.15) is 5.71 Å². The molecule has 0 bridgehead atoms. The number of benzene rings is 1. The van der Waals surface area contributed by atoms with E-state index in [9.17, 15) is 9.59 Å². The maximum Gasteiger partial charge on any atom is 0.339 e. The molecule has 0 atom stereocenters. The first-order chi connectivity index (χ1) is 9.56. The summed E-state index contributed by atoms with van der Waals surface area (Å²) in [5.41, 5.74) is 2.64. The highest BCUT2D eigenvalue weighted by Gasteiger charge is 2.14. The Bertz CT molecular complexity index is 624. The number of rotatable bonds is 3. The van der Waals surface area contributed by atoms with Crippen molar-refractivity contribution in [3.05, 3.63) is 59.2 Å². The van der Waals surface area contributed by atoms with Crippen molar-refractivity contribution >= 4 is 17.5 Å². The van der Waals surface area contributed by atoms with Gasteiger partial charge in [-0.25, -0.2) is 4.79 Å². The van der Waals surface area contributed by atoms with Crippen LogP contribution in [-0.2, 0) is 20.8 Å². The standard InChI is InChI=1S/C16H15NO3/c1-11-9-15(18)12(2)8-14(11)17-20-16(19)10-13-6-4-3-5-7-13/h3-9H,10H2,1-2H3/b17-14-. The third-order valence-corrected chi connectivity index (χ3v) is 2.93. The van der Waals surface area contributed by atoms with Gasteiger partial charge in [-0.3, -0.25) is 4.79 Å². The van der Waals surface area contributed by atoms with Crippen LogP contribution in [0.25, 0.3) is 0 Å². The smallest absolute Gasteiger partial charge is 0.317 e. The van der Waals surface area contributed by atoms with Crippen LogP contribution in [0.3, 0.4) is 0 Å². The molecule has 102 valence electrons. The van der Waals surface area contributed by atoms with Crippen molar-refractivity contribution in [2.24, 2.45) is 5.16 Å². The van der Waals surface area contributed by atoms with Crippen molar-refractivity contribution in [1.29, 1.82) is 0 Å². The zero-order chi connectivity index (χ0) is 14.5. The van der Waals surface area contributed by atoms with Crippen LogP contribution in [0.1, 0.15) is 19.4 Å². The monoisotopic (exact) mass is 269 g/mol. The molecule has 0 radical (unpaired) electrons. The van der Waals surface area contributed by atoms with Gasteiger partial charge in [-0.2, -0.15) is 0 Å². The highest BCUT2D eigenvalue weighted by atomic mass is 16.7. The summed E-state index contributed by atoms with van der Waals surface area (Å²) < 4.78 is 0. The molecule has 1 aliphatic carbocycles. The molecular formula is C16H15NO3. The van der Waals surface area contributed by atoms with Crippen LogP contribution in [0.2, 0.25) is 0 Å². The molecule has 1 aromatic carbocycles. The van der Waals surface area contributed by atoms with Crippen LogP contribution in [0.5, 0.6) is 0 Å². The number of ketones is 1. The fourth-order valence-corrected chi connectivity index (χ4v) is 1.77. The van der Waals surface area contributed by atoms with E-state index in [1.807, 2.05) is 30.3 Å². The summed E-state index contributed by atoms with van der Waals surface area (Å²) in [5, 5.41) is 3.82. The molecule has 0 N–H and O–H groups in total. The Morgan fingerprint density at radius 1 is 1.10 bits per heavy atom. The number of allylic oxidation sites excluding steroid dienone is 4. The van der Waals surface area contributed by atoms with Crippen LogP contribution < -0.4 is 0 Å². The van der Waals surface area contributed by atoms with Gasteiger partial charge >= 0.3 is 5.97 Å². The van der Waals surface area contributed by atoms with E-state index in [1.54, 1.807) is 19.9 Å². The van der Waals surface area contributed by atoms with Gasteiger partial charge in [-0.15, -0.1) is 0 Å². The fourth-order valence-electron chi connectivity index (χ4n) is 1.77. The molecule has 0 saturated carbocycles. The Morgan fingerprint density at radius 2 is 1.80 bits per heavy atom. The molecule has 1 aromatic rings. The second-order valence-electron chi connectivity index (χ2n) is 4.62. The van der Waals surface area contributed by atoms with Crippen LogP contribution in [-0.4, -0.2) is 17.5 Å². The number of hydrogen-bond acceptors (Lipinski definition) is 4. The zero-order valence-corrected chi connectivity index (χ0v) is 11.4. The van der Waals surface area contributed by atoms with Crippen molar-refractivity contribution in [1.82, 2.24) is 0 Å². The third-order valence-electron chi connectivity index (χ3n) is 2.93. The highest BCUT2D eigenvalue weighted by molar-refractivity contribution is 6.21. The summed E-state index contributed by atoms with van der Waals surface area (Å²) in [6.07, 6.45) is 3.27. The van der Waals surface area contributed by atoms with E-state index in [1.165, 1.54) is 6.08 Å². The average molecular weight is 269 g/mol. The van der Waals surface area contributed by atoms with Gasteiger partial charge in [0.05, 0.1) is 6.42 Å². The number of carbonyl (C=O) groups excluding carboxylic acids is 2. The first-order valence-electron chi connectivity index (χ1n) is 6.29. The van der Waals surface area contributed by atoms with E-state index in [-0.39, 0.29) is 12.2 Å². The van der Waals surface area contributed by atoms with Gasteiger partial charge in [0.2, 0.25) is 0 Å². The molecule has 4 heteroatoms. The predicted molar refractivity (Wildman–Crippen MR) is 76.2 cm³/mol. The molecule has 20 heavy (non-hydrogen) atoms. The molecule has 2 rings (SSSR count). The molecular weight excluding hydrogens is 254 g/mol. The maximum absolute atomic E-state index is 11.7. The maximum atomic E-state index is 11.7. The predicted octanol–water partition coefficient (Wildman–Crippen LogP) is 2.60. The first-order valence-corrected chi connectivity index (χ1v) is 6.29. The number of hydrogen-bond donors (Lipinski definition) is 0. The summed E-state index contributed by atoms with van der Waals surface area (Å²) in [6, 6.07) is 9.31. The van der Waals surface area contributed by atoms with Gasteiger partial charge in [0, 0.05) is 0 Å². The highest BCUT2D eigenvalue weighted by Crippen LogP contribution is 2.12. The molecule has 0 aromatic heterocycles. The number of oxime groups is 1. The second kappa shape index (κ2) is 6.10. The lowest BCUT2D eigenvalue weighted by molar-refractivity contribution is -0.142. The van der Waals surface area contributed by atoms with E-state index < -0.39 is 5.97 Å². The Morgan fingerprint density at radius 3 is 2.50 bits per heavy atom. The van der Waals surface area contributed by atoms with Crippen molar-refractivity contribution in [3.63, 3.8) is 0 Å². The molecule has 0 fully saturated rings. The molecule has 0 saturated heterocycles. The lowest BCUT2D eigenvalue weighted by Crippen LogP contribution is -2.12. The summed E-state index contributed by atoms with van der Waals surface area (Å²) >= 11 is 0. The summed E-state index contributed by atoms with van der Waals surface area (Å²) in [7, 11) is 0. The number of carbonyl (C=O) groups is 2. The summed E-state index contributed by atoms with van der Waals surface area (Å²) in [4.78, 5) is 28.0. The summed E-state index contributed by atoms with van der Waals surface area (Å²) in [6.45, 7) is 3.46. The average Bonchev–Trinajstić information content (AvgIpc) is 2.42. The fraction of sp³-hybridized carbons (Fsp3) is 0.188. The Hall–Kier alpha value is -2.49. The Balaban J connectivity index is 2.01. The molecule has 1 aliphatic rings. The van der Waals surface area contributed by atoms with Crippen LogP contribution >= 0.6 is 0 Å². The minimum Gasteiger partial charge on any atom is -0.317 e. The van der Waals surface area contributed by atoms with Gasteiger partial charge in [0.25, 0.3) is 0 Å². The molecule has 0 spiro atoms. The van der Waals surface area contributed by atoms with Crippen molar-refractivity contribution in [3.8, 4) is 0 Å². The normalized spacial score (nSPS) is 16.7. The Kier molecular flexibility index (Phi) is 4.25. The van der Waals surface area contributed by atoms with Crippen molar-refractivity contribution in [2.45, 2.75) is 20.3 Å². The first kappa shape index (κ1) is 13.9. The third kappa shape index (κ3) is 3.51. The quantitative estimate of drug-likeness (QED) is 0.481. The molecule has 0 heterocycles. The van der Waals surface area contributed by atoms with E-state index in [0.717, 1.165) is 5.56 Å². The molecule has 0 unspecified atom stereocenters. The topological polar surface area (TPSA) is 55.7 Å². The zero-order valence-electron chi connectivity index (χ0n) is 11.4. The minimum absolute atomic E-state index is 0.0444. The van der Waals surface area contributed by atoms with Gasteiger partial charge in [-0.05, 0) is 42.7 Å². The van der Waals surface area contributed by atoms with Gasteiger partial charge < -0.3 is 4.84 Å². The van der Waals surface area contributed by atoms with Gasteiger partial charge in [-0.1, -0.05) is 35.5 Å². The van der Waals surface area contributed by atoms with Gasteiger partial charge in [0.15, 0.2) is 5.78 Å². The van der Waals surface area contributed by atoms with E-state index in [2.05, 4.69) is 5.16 Å². The minimum atomic E-state index is -0.431. The molecule has 0 aliphatic heterocycles. The lowest BCUT2D eigenvalue weighted by Gasteiger charge is -2.08. The second-order valence-corrected chi connectivity index (χ2v) is 4.62. The largest absolute Gasteiger partial charge is 0.339 e.